The molecule has 0 bridgehead atoms. The van der Waals surface area contributed by atoms with Gasteiger partial charge >= 0.3 is 0 Å². The maximum Gasteiger partial charge on any atom is 0.135 e. The van der Waals surface area contributed by atoms with Crippen LogP contribution in [-0.2, 0) is 0 Å². The number of furan rings is 1. The highest BCUT2D eigenvalue weighted by molar-refractivity contribution is 7.26. The zero-order valence-electron chi connectivity index (χ0n) is 38.6. The fraction of sp³-hybridized carbons (Fsp3) is 0.0312. The predicted octanol–water partition coefficient (Wildman–Crippen LogP) is 18.2. The van der Waals surface area contributed by atoms with Crippen LogP contribution in [0.1, 0.15) is 0 Å². The molecule has 0 N–H and O–H groups in total. The minimum absolute atomic E-state index is 0.920. The number of hydrogen-bond donors (Lipinski definition) is 0. The smallest absolute Gasteiger partial charge is 0.135 e. The molecule has 0 fully saturated rings. The summed E-state index contributed by atoms with van der Waals surface area (Å²) in [5.74, 6) is 1.000. The third kappa shape index (κ3) is 6.30. The van der Waals surface area contributed by atoms with Crippen LogP contribution in [0.5, 0.6) is 0 Å². The van der Waals surface area contributed by atoms with E-state index < -0.39 is 8.07 Å². The number of thiophene rings is 2. The van der Waals surface area contributed by atoms with Gasteiger partial charge in [-0.2, -0.15) is 0 Å². The number of anilines is 6. The van der Waals surface area contributed by atoms with E-state index in [1.165, 1.54) is 83.9 Å². The van der Waals surface area contributed by atoms with E-state index in [2.05, 4.69) is 253 Å². The molecule has 0 radical (unpaired) electrons. The second kappa shape index (κ2) is 16.0. The summed E-state index contributed by atoms with van der Waals surface area (Å²) in [6, 6.07) is 84.5. The van der Waals surface area contributed by atoms with Gasteiger partial charge in [0.15, 0.2) is 0 Å². The average Bonchev–Trinajstić information content (AvgIpc) is 4.16. The van der Waals surface area contributed by atoms with Crippen molar-refractivity contribution in [3.63, 3.8) is 0 Å². The molecule has 1 aliphatic rings. The van der Waals surface area contributed by atoms with E-state index in [9.17, 15) is 0 Å². The van der Waals surface area contributed by atoms with Gasteiger partial charge in [-0.05, 0) is 88.2 Å². The number of hydrogen-bond acceptors (Lipinski definition) is 5. The largest absolute Gasteiger partial charge is 0.456 e. The fourth-order valence-corrected chi connectivity index (χ4v) is 16.9. The van der Waals surface area contributed by atoms with Crippen LogP contribution in [-0.4, -0.2) is 8.07 Å². The highest BCUT2D eigenvalue weighted by Gasteiger charge is 2.43. The SMILES string of the molecule is C[Si]1(C)c2ccc(N(c3ccccc3-c3ccccc3)c3cccc4c3sc3ccccc34)cc2-c2oc3ccc(N(c4ccccc4-c4ccccc4)c4cccc5c4sc4ccccc45)cc3c21. The van der Waals surface area contributed by atoms with Crippen LogP contribution in [0.15, 0.2) is 235 Å². The maximum absolute atomic E-state index is 7.17. The Labute approximate surface area is 415 Å². The van der Waals surface area contributed by atoms with Crippen LogP contribution < -0.4 is 20.2 Å². The summed E-state index contributed by atoms with van der Waals surface area (Å²) < 4.78 is 12.3. The van der Waals surface area contributed by atoms with Gasteiger partial charge in [0.05, 0.1) is 32.1 Å². The van der Waals surface area contributed by atoms with Crippen molar-refractivity contribution in [3.8, 4) is 33.6 Å². The minimum Gasteiger partial charge on any atom is -0.456 e. The van der Waals surface area contributed by atoms with Gasteiger partial charge in [-0.15, -0.1) is 22.7 Å². The number of fused-ring (bicyclic) bond motifs is 11. The van der Waals surface area contributed by atoms with Gasteiger partial charge in [-0.3, -0.25) is 0 Å². The van der Waals surface area contributed by atoms with Gasteiger partial charge in [0, 0.05) is 64.4 Å². The Morgan fingerprint density at radius 3 is 1.40 bits per heavy atom. The molecule has 1 aliphatic heterocycles. The second-order valence-corrected chi connectivity index (χ2v) is 25.2. The number of nitrogens with zero attached hydrogens (tertiary/aromatic N) is 2. The van der Waals surface area contributed by atoms with Gasteiger partial charge in [0.2, 0.25) is 0 Å². The molecule has 70 heavy (non-hydrogen) atoms. The van der Waals surface area contributed by atoms with Crippen molar-refractivity contribution in [2.24, 2.45) is 0 Å². The Morgan fingerprint density at radius 2 is 0.829 bits per heavy atom. The first-order valence-corrected chi connectivity index (χ1v) is 28.5. The van der Waals surface area contributed by atoms with Crippen LogP contribution >= 0.6 is 22.7 Å². The van der Waals surface area contributed by atoms with E-state index in [0.717, 1.165) is 45.5 Å². The molecule has 14 rings (SSSR count). The molecular formula is C64H44N2OS2Si. The van der Waals surface area contributed by atoms with Gasteiger partial charge in [-0.25, -0.2) is 0 Å². The van der Waals surface area contributed by atoms with Gasteiger partial charge in [-0.1, -0.05) is 177 Å². The standard InChI is InChI=1S/C64H44N2OS2Si/c1-70(2)60-38-36-44(66(54-30-14-10-24-46(54)42-21-7-4-8-22-42)56-32-18-28-50-48-26-12-16-34-59(48)69-63(50)56)40-52(60)61-64(70)51-39-43(35-37-57(51)67-61)65(53-29-13-9-23-45(53)41-19-5-3-6-20-41)55-31-17-27-49-47-25-11-15-33-58(47)68-62(49)55/h3-40H,1-2H3. The fourth-order valence-electron chi connectivity index (χ4n) is 11.3. The zero-order chi connectivity index (χ0) is 46.5. The van der Waals surface area contributed by atoms with Crippen molar-refractivity contribution < 1.29 is 4.42 Å². The van der Waals surface area contributed by atoms with Gasteiger partial charge in [0.1, 0.15) is 19.4 Å². The molecule has 0 aliphatic carbocycles. The number of rotatable bonds is 8. The Balaban J connectivity index is 0.972. The summed E-state index contributed by atoms with van der Waals surface area (Å²) in [5, 5.41) is 9.07. The third-order valence-corrected chi connectivity index (χ3v) is 20.4. The van der Waals surface area contributed by atoms with Crippen molar-refractivity contribution in [3.05, 3.63) is 231 Å². The van der Waals surface area contributed by atoms with Crippen molar-refractivity contribution in [1.82, 2.24) is 0 Å². The molecule has 332 valence electrons. The Hall–Kier alpha value is -8.00. The van der Waals surface area contributed by atoms with Crippen LogP contribution in [0.3, 0.4) is 0 Å². The maximum atomic E-state index is 7.17. The summed E-state index contributed by atoms with van der Waals surface area (Å²) in [4.78, 5) is 4.98. The molecule has 6 heteroatoms. The lowest BCUT2D eigenvalue weighted by atomic mass is 10.0. The van der Waals surface area contributed by atoms with Crippen molar-refractivity contribution in [2.45, 2.75) is 13.1 Å². The van der Waals surface area contributed by atoms with E-state index in [-0.39, 0.29) is 0 Å². The summed E-state index contributed by atoms with van der Waals surface area (Å²) in [6.07, 6.45) is 0. The summed E-state index contributed by atoms with van der Waals surface area (Å²) >= 11 is 3.74. The Bertz CT molecular complexity index is 4190. The lowest BCUT2D eigenvalue weighted by Gasteiger charge is -2.29. The molecule has 0 unspecified atom stereocenters. The van der Waals surface area contributed by atoms with Gasteiger partial charge in [0.25, 0.3) is 0 Å². The highest BCUT2D eigenvalue weighted by Crippen LogP contribution is 2.51. The second-order valence-electron chi connectivity index (χ2n) is 18.8. The molecule has 13 aromatic rings. The van der Waals surface area contributed by atoms with Crippen molar-refractivity contribution in [1.29, 1.82) is 0 Å². The first kappa shape index (κ1) is 41.0. The van der Waals surface area contributed by atoms with Crippen LogP contribution in [0.4, 0.5) is 34.1 Å². The normalized spacial score (nSPS) is 12.8. The molecule has 3 aromatic heterocycles. The molecule has 3 nitrogen and oxygen atoms in total. The topological polar surface area (TPSA) is 19.6 Å². The summed E-state index contributed by atoms with van der Waals surface area (Å²) in [5.41, 5.74) is 13.6. The number of para-hydroxylation sites is 2. The van der Waals surface area contributed by atoms with E-state index in [1.807, 2.05) is 22.7 Å². The van der Waals surface area contributed by atoms with Gasteiger partial charge < -0.3 is 14.2 Å². The highest BCUT2D eigenvalue weighted by atomic mass is 32.1. The third-order valence-electron chi connectivity index (χ3n) is 14.4. The lowest BCUT2D eigenvalue weighted by Crippen LogP contribution is -2.49. The minimum atomic E-state index is -2.31. The molecule has 0 atom stereocenters. The predicted molar refractivity (Wildman–Crippen MR) is 304 cm³/mol. The Kier molecular flexibility index (Phi) is 9.40. The molecular weight excluding hydrogens is 905 g/mol. The van der Waals surface area contributed by atoms with Crippen LogP contribution in [0.25, 0.3) is 84.9 Å². The molecule has 0 saturated carbocycles. The quantitative estimate of drug-likeness (QED) is 0.142. The van der Waals surface area contributed by atoms with E-state index in [4.69, 9.17) is 4.42 Å². The molecule has 0 spiro atoms. The molecule has 0 saturated heterocycles. The lowest BCUT2D eigenvalue weighted by molar-refractivity contribution is 0.635. The monoisotopic (exact) mass is 948 g/mol. The van der Waals surface area contributed by atoms with E-state index in [1.54, 1.807) is 0 Å². The van der Waals surface area contributed by atoms with E-state index >= 15 is 0 Å². The van der Waals surface area contributed by atoms with Crippen molar-refractivity contribution >= 4 is 127 Å². The number of benzene rings is 10. The summed E-state index contributed by atoms with van der Waals surface area (Å²) in [6.45, 7) is 5.00. The molecule has 4 heterocycles. The van der Waals surface area contributed by atoms with Crippen LogP contribution in [0, 0.1) is 0 Å². The Morgan fingerprint density at radius 1 is 0.371 bits per heavy atom. The molecule has 0 amide bonds. The van der Waals surface area contributed by atoms with E-state index in [0.29, 0.717) is 0 Å². The first-order chi connectivity index (χ1) is 34.5. The van der Waals surface area contributed by atoms with Crippen LogP contribution in [0.2, 0.25) is 13.1 Å². The molecule has 10 aromatic carbocycles. The average molecular weight is 949 g/mol. The zero-order valence-corrected chi connectivity index (χ0v) is 41.2. The van der Waals surface area contributed by atoms with Crippen molar-refractivity contribution in [2.75, 3.05) is 9.80 Å². The first-order valence-electron chi connectivity index (χ1n) is 23.9. The summed E-state index contributed by atoms with van der Waals surface area (Å²) in [7, 11) is -2.31.